The summed E-state index contributed by atoms with van der Waals surface area (Å²) in [6, 6.07) is 12.1. The van der Waals surface area contributed by atoms with Crippen molar-refractivity contribution in [1.29, 1.82) is 0 Å². The van der Waals surface area contributed by atoms with Crippen LogP contribution in [0.4, 0.5) is 10.5 Å². The number of benzene rings is 2. The summed E-state index contributed by atoms with van der Waals surface area (Å²) < 4.78 is 5.42. The number of hydrogen-bond acceptors (Lipinski definition) is 5. The van der Waals surface area contributed by atoms with Crippen molar-refractivity contribution in [2.24, 2.45) is 0 Å². The molecule has 1 aromatic heterocycles. The normalized spacial score (nSPS) is 20.4. The maximum absolute atomic E-state index is 13.1. The fourth-order valence-corrected chi connectivity index (χ4v) is 4.20. The maximum atomic E-state index is 13.1. The molecule has 2 heterocycles. The molecule has 1 aliphatic heterocycles. The molecule has 8 nitrogen and oxygen atoms in total. The molecule has 29 heavy (non-hydrogen) atoms. The zero-order valence-corrected chi connectivity index (χ0v) is 15.7. The Hall–Kier alpha value is -3.68. The molecule has 1 fully saturated rings. The van der Waals surface area contributed by atoms with E-state index in [2.05, 4.69) is 15.6 Å². The first-order valence-corrected chi connectivity index (χ1v) is 9.36. The van der Waals surface area contributed by atoms with Crippen molar-refractivity contribution in [2.75, 3.05) is 11.9 Å². The van der Waals surface area contributed by atoms with Crippen LogP contribution in [0.3, 0.4) is 0 Å². The van der Waals surface area contributed by atoms with Gasteiger partial charge in [-0.05, 0) is 42.2 Å². The fraction of sp³-hybridized carbons (Fsp3) is 0.238. The summed E-state index contributed by atoms with van der Waals surface area (Å²) in [5.41, 5.74) is 2.55. The molecule has 0 bridgehead atoms. The fourth-order valence-electron chi connectivity index (χ4n) is 4.20. The number of hydrogen-bond donors (Lipinski definition) is 2. The van der Waals surface area contributed by atoms with E-state index in [1.54, 1.807) is 25.1 Å². The van der Waals surface area contributed by atoms with Gasteiger partial charge in [-0.25, -0.2) is 9.78 Å². The Bertz CT molecular complexity index is 1180. The van der Waals surface area contributed by atoms with Crippen molar-refractivity contribution in [3.8, 4) is 0 Å². The molecule has 2 N–H and O–H groups in total. The number of anilines is 1. The van der Waals surface area contributed by atoms with Crippen LogP contribution in [-0.4, -0.2) is 34.3 Å². The Morgan fingerprint density at radius 1 is 1.28 bits per heavy atom. The van der Waals surface area contributed by atoms with Crippen LogP contribution in [-0.2, 0) is 21.5 Å². The van der Waals surface area contributed by atoms with Crippen LogP contribution in [0, 0.1) is 6.92 Å². The first-order valence-electron chi connectivity index (χ1n) is 9.36. The Balaban J connectivity index is 1.34. The number of carbonyl (C=O) groups is 3. The van der Waals surface area contributed by atoms with Crippen molar-refractivity contribution in [1.82, 2.24) is 15.2 Å². The topological polar surface area (TPSA) is 105 Å². The highest BCUT2D eigenvalue weighted by Crippen LogP contribution is 2.41. The second kappa shape index (κ2) is 6.16. The number of carbonyl (C=O) groups excluding carboxylic acids is 3. The lowest BCUT2D eigenvalue weighted by Crippen LogP contribution is -2.42. The molecular formula is C21H18N4O4. The molecule has 1 unspecified atom stereocenters. The Kier molecular flexibility index (Phi) is 3.70. The van der Waals surface area contributed by atoms with E-state index >= 15 is 0 Å². The summed E-state index contributed by atoms with van der Waals surface area (Å²) in [7, 11) is 0. The van der Waals surface area contributed by atoms with Crippen LogP contribution in [0.25, 0.3) is 11.1 Å². The summed E-state index contributed by atoms with van der Waals surface area (Å²) in [6.45, 7) is 1.39. The monoisotopic (exact) mass is 390 g/mol. The van der Waals surface area contributed by atoms with Crippen molar-refractivity contribution >= 4 is 34.6 Å². The van der Waals surface area contributed by atoms with Gasteiger partial charge in [-0.3, -0.25) is 14.5 Å². The third kappa shape index (κ3) is 2.67. The molecule has 8 heteroatoms. The zero-order valence-electron chi connectivity index (χ0n) is 15.7. The maximum Gasteiger partial charge on any atom is 0.325 e. The van der Waals surface area contributed by atoms with Crippen molar-refractivity contribution in [3.05, 3.63) is 59.5 Å². The largest absolute Gasteiger partial charge is 0.441 e. The molecule has 0 saturated carbocycles. The summed E-state index contributed by atoms with van der Waals surface area (Å²) >= 11 is 0. The van der Waals surface area contributed by atoms with E-state index in [0.717, 1.165) is 16.0 Å². The number of aryl methyl sites for hydroxylation is 2. The number of urea groups is 1. The number of oxazole rings is 1. The van der Waals surface area contributed by atoms with Crippen molar-refractivity contribution in [3.63, 3.8) is 0 Å². The molecule has 2 aliphatic rings. The van der Waals surface area contributed by atoms with E-state index in [9.17, 15) is 14.4 Å². The molecule has 2 aromatic carbocycles. The summed E-state index contributed by atoms with van der Waals surface area (Å²) in [5, 5.41) is 5.53. The van der Waals surface area contributed by atoms with Gasteiger partial charge < -0.3 is 15.1 Å². The van der Waals surface area contributed by atoms with E-state index in [0.29, 0.717) is 35.5 Å². The minimum Gasteiger partial charge on any atom is -0.441 e. The number of amides is 4. The molecular weight excluding hydrogens is 372 g/mol. The Labute approximate surface area is 165 Å². The van der Waals surface area contributed by atoms with Crippen LogP contribution >= 0.6 is 0 Å². The van der Waals surface area contributed by atoms with E-state index in [1.807, 2.05) is 24.3 Å². The van der Waals surface area contributed by atoms with E-state index in [1.165, 1.54) is 0 Å². The smallest absolute Gasteiger partial charge is 0.325 e. The van der Waals surface area contributed by atoms with Gasteiger partial charge in [-0.15, -0.1) is 0 Å². The van der Waals surface area contributed by atoms with Gasteiger partial charge in [0.1, 0.15) is 17.6 Å². The second-order valence-corrected chi connectivity index (χ2v) is 7.35. The molecule has 1 aliphatic carbocycles. The SMILES string of the molecule is Cc1nc2cc(NC(=O)CN3C(=O)NC4(CCc5ccccc54)C3=O)ccc2o1. The third-order valence-corrected chi connectivity index (χ3v) is 5.50. The van der Waals surface area contributed by atoms with Crippen LogP contribution in [0.2, 0.25) is 0 Å². The molecule has 1 saturated heterocycles. The number of nitrogens with one attached hydrogen (secondary N) is 2. The quantitative estimate of drug-likeness (QED) is 0.669. The van der Waals surface area contributed by atoms with Gasteiger partial charge in [0.25, 0.3) is 5.91 Å². The zero-order chi connectivity index (χ0) is 20.2. The van der Waals surface area contributed by atoms with Gasteiger partial charge in [-0.2, -0.15) is 0 Å². The standard InChI is InChI=1S/C21H18N4O4/c1-12-22-16-10-14(6-7-17(16)29-12)23-18(26)11-25-19(27)21(24-20(25)28)9-8-13-4-2-3-5-15(13)21/h2-7,10H,8-9,11H2,1H3,(H,23,26)(H,24,28). The number of fused-ring (bicyclic) bond motifs is 3. The predicted molar refractivity (Wildman–Crippen MR) is 104 cm³/mol. The third-order valence-electron chi connectivity index (χ3n) is 5.50. The molecule has 146 valence electrons. The van der Waals surface area contributed by atoms with Crippen LogP contribution in [0.15, 0.2) is 46.9 Å². The second-order valence-electron chi connectivity index (χ2n) is 7.35. The molecule has 0 radical (unpaired) electrons. The van der Waals surface area contributed by atoms with Gasteiger partial charge in [-0.1, -0.05) is 24.3 Å². The van der Waals surface area contributed by atoms with Gasteiger partial charge in [0.2, 0.25) is 5.91 Å². The lowest BCUT2D eigenvalue weighted by molar-refractivity contribution is -0.134. The minimum atomic E-state index is -1.06. The highest BCUT2D eigenvalue weighted by Gasteiger charge is 2.55. The Morgan fingerprint density at radius 2 is 2.10 bits per heavy atom. The van der Waals surface area contributed by atoms with Gasteiger partial charge in [0, 0.05) is 12.6 Å². The molecule has 1 spiro atoms. The van der Waals surface area contributed by atoms with E-state index in [-0.39, 0.29) is 12.5 Å². The van der Waals surface area contributed by atoms with E-state index in [4.69, 9.17) is 4.42 Å². The molecule has 4 amide bonds. The average Bonchev–Trinajstić information content (AvgIpc) is 3.32. The number of aromatic nitrogens is 1. The summed E-state index contributed by atoms with van der Waals surface area (Å²) in [5.74, 6) is -0.313. The highest BCUT2D eigenvalue weighted by atomic mass is 16.3. The summed E-state index contributed by atoms with van der Waals surface area (Å²) in [6.07, 6.45) is 1.20. The number of imide groups is 1. The van der Waals surface area contributed by atoms with Crippen LogP contribution in [0.5, 0.6) is 0 Å². The summed E-state index contributed by atoms with van der Waals surface area (Å²) in [4.78, 5) is 43.4. The minimum absolute atomic E-state index is 0.357. The molecule has 1 atom stereocenters. The Morgan fingerprint density at radius 3 is 2.97 bits per heavy atom. The number of rotatable bonds is 3. The van der Waals surface area contributed by atoms with Crippen molar-refractivity contribution < 1.29 is 18.8 Å². The van der Waals surface area contributed by atoms with Gasteiger partial charge in [0.05, 0.1) is 0 Å². The number of nitrogens with zero attached hydrogens (tertiary/aromatic N) is 2. The van der Waals surface area contributed by atoms with Gasteiger partial charge in [0.15, 0.2) is 11.5 Å². The van der Waals surface area contributed by atoms with E-state index < -0.39 is 17.5 Å². The molecule has 5 rings (SSSR count). The molecule has 3 aromatic rings. The lowest BCUT2D eigenvalue weighted by atomic mass is 9.92. The average molecular weight is 390 g/mol. The highest BCUT2D eigenvalue weighted by molar-refractivity contribution is 6.11. The first kappa shape index (κ1) is 17.4. The predicted octanol–water partition coefficient (Wildman–Crippen LogP) is 2.47. The van der Waals surface area contributed by atoms with Crippen LogP contribution < -0.4 is 10.6 Å². The first-order chi connectivity index (χ1) is 14.0. The lowest BCUT2D eigenvalue weighted by Gasteiger charge is -2.22. The van der Waals surface area contributed by atoms with Crippen molar-refractivity contribution in [2.45, 2.75) is 25.3 Å². The van der Waals surface area contributed by atoms with Gasteiger partial charge >= 0.3 is 6.03 Å². The van der Waals surface area contributed by atoms with Crippen LogP contribution in [0.1, 0.15) is 23.4 Å².